The van der Waals surface area contributed by atoms with E-state index in [0.717, 1.165) is 0 Å². The number of carbonyl (C=O) groups excluding carboxylic acids is 2. The van der Waals surface area contributed by atoms with Gasteiger partial charge in [0.15, 0.2) is 10.5 Å². The van der Waals surface area contributed by atoms with Crippen molar-refractivity contribution < 1.29 is 19.1 Å². The van der Waals surface area contributed by atoms with Gasteiger partial charge in [-0.2, -0.15) is 5.10 Å². The fourth-order valence-corrected chi connectivity index (χ4v) is 2.49. The van der Waals surface area contributed by atoms with Crippen molar-refractivity contribution in [3.63, 3.8) is 0 Å². The van der Waals surface area contributed by atoms with Gasteiger partial charge in [0.1, 0.15) is 5.60 Å². The molecule has 1 aliphatic heterocycles. The third-order valence-electron chi connectivity index (χ3n) is 3.07. The largest absolute Gasteiger partial charge is 0.465 e. The minimum atomic E-state index is -1.37. The summed E-state index contributed by atoms with van der Waals surface area (Å²) >= 11 is 4.65. The zero-order valence-electron chi connectivity index (χ0n) is 12.7. The smallest absolute Gasteiger partial charge is 0.324 e. The van der Waals surface area contributed by atoms with Crippen molar-refractivity contribution in [1.29, 1.82) is 0 Å². The number of carbonyl (C=O) groups is 2. The summed E-state index contributed by atoms with van der Waals surface area (Å²) in [5, 5.41) is 3.95. The topological polar surface area (TPSA) is 103 Å². The van der Waals surface area contributed by atoms with Gasteiger partial charge < -0.3 is 15.2 Å². The van der Waals surface area contributed by atoms with Gasteiger partial charge >= 0.3 is 11.9 Å². The molecule has 1 atom stereocenters. The number of ether oxygens (including phenoxy) is 2. The first kappa shape index (κ1) is 17.4. The number of nitrogens with zero attached hydrogens (tertiary/aromatic N) is 1. The van der Waals surface area contributed by atoms with E-state index in [0.29, 0.717) is 5.71 Å². The molecule has 0 aromatic carbocycles. The van der Waals surface area contributed by atoms with E-state index in [2.05, 4.69) is 22.7 Å². The van der Waals surface area contributed by atoms with Crippen LogP contribution in [-0.4, -0.2) is 35.0 Å². The quantitative estimate of drug-likeness (QED) is 0.255. The van der Waals surface area contributed by atoms with Crippen LogP contribution < -0.4 is 11.2 Å². The Labute approximate surface area is 129 Å². The van der Waals surface area contributed by atoms with Gasteiger partial charge in [0, 0.05) is 18.6 Å². The molecule has 0 aliphatic carbocycles. The highest BCUT2D eigenvalue weighted by molar-refractivity contribution is 7.80. The highest BCUT2D eigenvalue weighted by Gasteiger charge is 2.59. The molecule has 0 amide bonds. The lowest BCUT2D eigenvalue weighted by Crippen LogP contribution is -2.40. The van der Waals surface area contributed by atoms with E-state index in [-0.39, 0.29) is 24.6 Å². The van der Waals surface area contributed by atoms with Gasteiger partial charge in [-0.1, -0.05) is 0 Å². The summed E-state index contributed by atoms with van der Waals surface area (Å²) in [6.45, 7) is 7.06. The zero-order chi connectivity index (χ0) is 16.3. The van der Waals surface area contributed by atoms with Crippen LogP contribution in [0.15, 0.2) is 5.10 Å². The van der Waals surface area contributed by atoms with Crippen LogP contribution in [0.2, 0.25) is 0 Å². The maximum Gasteiger partial charge on any atom is 0.324 e. The second-order valence-corrected chi connectivity index (χ2v) is 6.07. The Morgan fingerprint density at radius 1 is 1.57 bits per heavy atom. The molecule has 0 aromatic heterocycles. The summed E-state index contributed by atoms with van der Waals surface area (Å²) in [5.74, 6) is -1.18. The van der Waals surface area contributed by atoms with Gasteiger partial charge in [-0.25, -0.2) is 0 Å². The fraction of sp³-hybridized carbons (Fsp3) is 0.692. The summed E-state index contributed by atoms with van der Waals surface area (Å²) in [5.41, 5.74) is 6.14. The van der Waals surface area contributed by atoms with Crippen LogP contribution in [0.3, 0.4) is 0 Å². The van der Waals surface area contributed by atoms with Crippen LogP contribution >= 0.6 is 12.2 Å². The first-order chi connectivity index (χ1) is 9.63. The summed E-state index contributed by atoms with van der Waals surface area (Å²) in [7, 11) is 0. The highest BCUT2D eigenvalue weighted by Crippen LogP contribution is 2.44. The molecule has 3 N–H and O–H groups in total. The molecule has 21 heavy (non-hydrogen) atoms. The van der Waals surface area contributed by atoms with Crippen LogP contribution in [-0.2, 0) is 19.1 Å². The van der Waals surface area contributed by atoms with Crippen molar-refractivity contribution in [2.75, 3.05) is 6.61 Å². The maximum atomic E-state index is 12.3. The summed E-state index contributed by atoms with van der Waals surface area (Å²) < 4.78 is 10.3. The number of hydrogen-bond acceptors (Lipinski definition) is 6. The lowest BCUT2D eigenvalue weighted by molar-refractivity contribution is -0.165. The van der Waals surface area contributed by atoms with Crippen molar-refractivity contribution in [1.82, 2.24) is 5.43 Å². The SMILES string of the molecule is CCOC(=O)[C@@]1(C/C(C)=N\NC(N)=S)CC(C)(C)OC1=O. The standard InChI is InChI=1S/C13H21N3O4S/c1-5-19-9(17)13(6-8(2)15-16-11(14)21)7-12(3,4)20-10(13)18/h5-7H2,1-4H3,(H3,14,16,21)/b15-8-/t13-/m1/s1. The van der Waals surface area contributed by atoms with Crippen molar-refractivity contribution in [3.8, 4) is 0 Å². The third-order valence-corrected chi connectivity index (χ3v) is 3.16. The van der Waals surface area contributed by atoms with Gasteiger partial charge in [-0.3, -0.25) is 15.0 Å². The number of rotatable bonds is 5. The Hall–Kier alpha value is -1.70. The van der Waals surface area contributed by atoms with E-state index in [1.54, 1.807) is 27.7 Å². The lowest BCUT2D eigenvalue weighted by Gasteiger charge is -2.23. The van der Waals surface area contributed by atoms with Gasteiger partial charge in [0.05, 0.1) is 6.61 Å². The third kappa shape index (κ3) is 4.13. The fourth-order valence-electron chi connectivity index (χ4n) is 2.44. The molecular formula is C13H21N3O4S. The molecule has 118 valence electrons. The molecule has 0 bridgehead atoms. The van der Waals surface area contributed by atoms with Crippen LogP contribution in [0.4, 0.5) is 0 Å². The van der Waals surface area contributed by atoms with E-state index in [9.17, 15) is 9.59 Å². The summed E-state index contributed by atoms with van der Waals surface area (Å²) in [6.07, 6.45) is 0.321. The number of thiocarbonyl (C=S) groups is 1. The maximum absolute atomic E-state index is 12.3. The van der Waals surface area contributed by atoms with Crippen LogP contribution in [0.25, 0.3) is 0 Å². The van der Waals surface area contributed by atoms with E-state index in [1.165, 1.54) is 0 Å². The molecule has 8 heteroatoms. The number of esters is 2. The number of nitrogens with one attached hydrogen (secondary N) is 1. The molecule has 1 aliphatic rings. The first-order valence-electron chi connectivity index (χ1n) is 6.62. The Kier molecular flexibility index (Phi) is 5.27. The normalized spacial score (nSPS) is 24.4. The average Bonchev–Trinajstić information content (AvgIpc) is 2.57. The number of cyclic esters (lactones) is 1. The van der Waals surface area contributed by atoms with Gasteiger partial charge in [0.25, 0.3) is 0 Å². The predicted molar refractivity (Wildman–Crippen MR) is 81.5 cm³/mol. The van der Waals surface area contributed by atoms with Crippen molar-refractivity contribution >= 4 is 35.0 Å². The Bertz CT molecular complexity index is 490. The highest BCUT2D eigenvalue weighted by atomic mass is 32.1. The van der Waals surface area contributed by atoms with E-state index >= 15 is 0 Å². The van der Waals surface area contributed by atoms with Gasteiger partial charge in [-0.05, 0) is 39.9 Å². The van der Waals surface area contributed by atoms with Gasteiger partial charge in [-0.15, -0.1) is 0 Å². The molecule has 1 fully saturated rings. The summed E-state index contributed by atoms with van der Waals surface area (Å²) in [4.78, 5) is 24.5. The monoisotopic (exact) mass is 315 g/mol. The molecule has 0 spiro atoms. The zero-order valence-corrected chi connectivity index (χ0v) is 13.5. The summed E-state index contributed by atoms with van der Waals surface area (Å²) in [6, 6.07) is 0. The Morgan fingerprint density at radius 2 is 2.19 bits per heavy atom. The van der Waals surface area contributed by atoms with Crippen LogP contribution in [0.1, 0.15) is 40.5 Å². The minimum Gasteiger partial charge on any atom is -0.465 e. The number of nitrogens with two attached hydrogens (primary N) is 1. The molecule has 1 rings (SSSR count). The predicted octanol–water partition coefficient (Wildman–Crippen LogP) is 0.861. The lowest BCUT2D eigenvalue weighted by atomic mass is 9.77. The molecule has 0 saturated carbocycles. The molecule has 0 aromatic rings. The molecule has 1 saturated heterocycles. The van der Waals surface area contributed by atoms with Crippen molar-refractivity contribution in [2.24, 2.45) is 16.3 Å². The first-order valence-corrected chi connectivity index (χ1v) is 7.03. The average molecular weight is 315 g/mol. The van der Waals surface area contributed by atoms with E-state index < -0.39 is 23.0 Å². The van der Waals surface area contributed by atoms with Crippen molar-refractivity contribution in [2.45, 2.75) is 46.1 Å². The molecule has 1 heterocycles. The minimum absolute atomic E-state index is 0.00821. The Balaban J connectivity index is 3.05. The van der Waals surface area contributed by atoms with Crippen molar-refractivity contribution in [3.05, 3.63) is 0 Å². The van der Waals surface area contributed by atoms with E-state index in [1.807, 2.05) is 0 Å². The molecule has 0 radical (unpaired) electrons. The van der Waals surface area contributed by atoms with Gasteiger partial charge in [0.2, 0.25) is 0 Å². The van der Waals surface area contributed by atoms with Crippen LogP contribution in [0, 0.1) is 5.41 Å². The Morgan fingerprint density at radius 3 is 2.62 bits per heavy atom. The van der Waals surface area contributed by atoms with E-state index in [4.69, 9.17) is 15.2 Å². The second kappa shape index (κ2) is 6.38. The molecule has 0 unspecified atom stereocenters. The van der Waals surface area contributed by atoms with Crippen LogP contribution in [0.5, 0.6) is 0 Å². The number of hydrogen-bond donors (Lipinski definition) is 2. The number of hydrazone groups is 1. The molecular weight excluding hydrogens is 294 g/mol. The second-order valence-electron chi connectivity index (χ2n) is 5.63. The molecule has 7 nitrogen and oxygen atoms in total.